The van der Waals surface area contributed by atoms with Crippen LogP contribution < -0.4 is 5.32 Å². The molecule has 6 heteroatoms. The van der Waals surface area contributed by atoms with Gasteiger partial charge in [-0.15, -0.1) is 0 Å². The average molecular weight is 232 g/mol. The van der Waals surface area contributed by atoms with E-state index in [9.17, 15) is 9.90 Å². The van der Waals surface area contributed by atoms with E-state index in [4.69, 9.17) is 9.84 Å². The van der Waals surface area contributed by atoms with Gasteiger partial charge in [0.25, 0.3) is 0 Å². The second kappa shape index (κ2) is 6.80. The van der Waals surface area contributed by atoms with Gasteiger partial charge in [-0.3, -0.25) is 4.79 Å². The summed E-state index contributed by atoms with van der Waals surface area (Å²) in [5.74, 6) is -0.983. The summed E-state index contributed by atoms with van der Waals surface area (Å²) in [7, 11) is 2.04. The highest BCUT2D eigenvalue weighted by Crippen LogP contribution is 2.01. The summed E-state index contributed by atoms with van der Waals surface area (Å²) in [5, 5.41) is 20.8. The molecule has 0 aromatic carbocycles. The van der Waals surface area contributed by atoms with Crippen molar-refractivity contribution >= 4 is 5.97 Å². The molecule has 0 spiro atoms. The predicted molar refractivity (Wildman–Crippen MR) is 58.4 cm³/mol. The summed E-state index contributed by atoms with van der Waals surface area (Å²) < 4.78 is 5.51. The van der Waals surface area contributed by atoms with Crippen LogP contribution in [0.3, 0.4) is 0 Å². The van der Waals surface area contributed by atoms with Crippen molar-refractivity contribution in [1.82, 2.24) is 10.2 Å². The van der Waals surface area contributed by atoms with E-state index >= 15 is 0 Å². The monoisotopic (exact) mass is 232 g/mol. The minimum absolute atomic E-state index is 0.121. The summed E-state index contributed by atoms with van der Waals surface area (Å²) in [6.45, 7) is 3.46. The molecular formula is C10H20N2O4. The number of nitrogens with one attached hydrogen (secondary N) is 1. The van der Waals surface area contributed by atoms with Gasteiger partial charge in [0, 0.05) is 26.2 Å². The Bertz CT molecular complexity index is 225. The van der Waals surface area contributed by atoms with Gasteiger partial charge in [0.15, 0.2) is 0 Å². The fourth-order valence-electron chi connectivity index (χ4n) is 1.67. The zero-order valence-electron chi connectivity index (χ0n) is 9.56. The fraction of sp³-hybridized carbons (Fsp3) is 0.900. The van der Waals surface area contributed by atoms with Gasteiger partial charge in [0.1, 0.15) is 0 Å². The number of likely N-dealkylation sites (N-methyl/N-ethyl adjacent to an activating group) is 1. The number of carboxylic acid groups (broad SMARTS) is 1. The molecule has 0 radical (unpaired) electrons. The molecular weight excluding hydrogens is 212 g/mol. The third-order valence-corrected chi connectivity index (χ3v) is 2.50. The lowest BCUT2D eigenvalue weighted by Crippen LogP contribution is -2.46. The molecule has 0 aromatic rings. The Kier molecular flexibility index (Phi) is 5.68. The minimum Gasteiger partial charge on any atom is -0.481 e. The molecule has 0 bridgehead atoms. The first-order valence-corrected chi connectivity index (χ1v) is 5.48. The molecule has 1 aliphatic heterocycles. The highest BCUT2D eigenvalue weighted by molar-refractivity contribution is 5.67. The zero-order chi connectivity index (χ0) is 12.0. The third kappa shape index (κ3) is 5.41. The van der Waals surface area contributed by atoms with Gasteiger partial charge < -0.3 is 25.2 Å². The number of nitrogens with zero attached hydrogens (tertiary/aromatic N) is 1. The summed E-state index contributed by atoms with van der Waals surface area (Å²) in [6.07, 6.45) is -0.937. The van der Waals surface area contributed by atoms with Crippen LogP contribution in [0.2, 0.25) is 0 Å². The Labute approximate surface area is 95.2 Å². The summed E-state index contributed by atoms with van der Waals surface area (Å²) in [4.78, 5) is 12.5. The normalized spacial score (nSPS) is 24.2. The lowest BCUT2D eigenvalue weighted by atomic mass is 10.2. The van der Waals surface area contributed by atoms with Crippen LogP contribution in [0.1, 0.15) is 6.42 Å². The fourth-order valence-corrected chi connectivity index (χ4v) is 1.67. The molecule has 3 N–H and O–H groups in total. The number of carbonyl (C=O) groups is 1. The van der Waals surface area contributed by atoms with Crippen LogP contribution in [0.4, 0.5) is 0 Å². The van der Waals surface area contributed by atoms with Crippen LogP contribution >= 0.6 is 0 Å². The van der Waals surface area contributed by atoms with Crippen LogP contribution in [-0.4, -0.2) is 73.1 Å². The van der Waals surface area contributed by atoms with Crippen molar-refractivity contribution < 1.29 is 19.7 Å². The lowest BCUT2D eigenvalue weighted by molar-refractivity contribution is -0.139. The Hall–Kier alpha value is -0.690. The Morgan fingerprint density at radius 3 is 3.06 bits per heavy atom. The molecule has 0 saturated carbocycles. The first kappa shape index (κ1) is 13.4. The van der Waals surface area contributed by atoms with E-state index in [2.05, 4.69) is 10.2 Å². The molecule has 1 saturated heterocycles. The van der Waals surface area contributed by atoms with Gasteiger partial charge >= 0.3 is 5.97 Å². The van der Waals surface area contributed by atoms with E-state index in [1.165, 1.54) is 0 Å². The van der Waals surface area contributed by atoms with Crippen molar-refractivity contribution in [1.29, 1.82) is 0 Å². The number of rotatable bonds is 6. The van der Waals surface area contributed by atoms with E-state index in [1.807, 2.05) is 7.05 Å². The van der Waals surface area contributed by atoms with Gasteiger partial charge in [-0.1, -0.05) is 0 Å². The van der Waals surface area contributed by atoms with Crippen LogP contribution in [0.25, 0.3) is 0 Å². The standard InChI is InChI=1S/C10H20N2O4/c1-12-2-3-16-9(7-12)6-11-5-8(13)4-10(14)15/h8-9,11,13H,2-7H2,1H3,(H,14,15). The first-order chi connectivity index (χ1) is 7.58. The molecule has 2 atom stereocenters. The third-order valence-electron chi connectivity index (χ3n) is 2.50. The zero-order valence-corrected chi connectivity index (χ0v) is 9.56. The molecule has 6 nitrogen and oxygen atoms in total. The highest BCUT2D eigenvalue weighted by Gasteiger charge is 2.17. The molecule has 16 heavy (non-hydrogen) atoms. The minimum atomic E-state index is -0.983. The lowest BCUT2D eigenvalue weighted by Gasteiger charge is -2.30. The Morgan fingerprint density at radius 1 is 1.69 bits per heavy atom. The average Bonchev–Trinajstić information content (AvgIpc) is 2.16. The number of morpholine rings is 1. The van der Waals surface area contributed by atoms with Gasteiger partial charge in [-0.25, -0.2) is 0 Å². The van der Waals surface area contributed by atoms with E-state index in [0.717, 1.165) is 19.7 Å². The summed E-state index contributed by atoms with van der Waals surface area (Å²) in [6, 6.07) is 0. The maximum atomic E-state index is 10.3. The van der Waals surface area contributed by atoms with Crippen molar-refractivity contribution in [2.75, 3.05) is 39.8 Å². The topological polar surface area (TPSA) is 82.0 Å². The molecule has 0 amide bonds. The molecule has 94 valence electrons. The molecule has 1 fully saturated rings. The molecule has 0 aromatic heterocycles. The second-order valence-corrected chi connectivity index (χ2v) is 4.16. The van der Waals surface area contributed by atoms with Crippen molar-refractivity contribution in [3.05, 3.63) is 0 Å². The smallest absolute Gasteiger partial charge is 0.306 e. The number of aliphatic hydroxyl groups is 1. The van der Waals surface area contributed by atoms with E-state index in [0.29, 0.717) is 6.54 Å². The predicted octanol–water partition coefficient (Wildman–Crippen LogP) is -1.26. The highest BCUT2D eigenvalue weighted by atomic mass is 16.5. The van der Waals surface area contributed by atoms with E-state index in [-0.39, 0.29) is 19.1 Å². The van der Waals surface area contributed by atoms with Crippen molar-refractivity contribution in [3.8, 4) is 0 Å². The van der Waals surface area contributed by atoms with Gasteiger partial charge in [0.2, 0.25) is 0 Å². The summed E-state index contributed by atoms with van der Waals surface area (Å²) >= 11 is 0. The van der Waals surface area contributed by atoms with Crippen LogP contribution in [0.15, 0.2) is 0 Å². The SMILES string of the molecule is CN1CCOC(CNCC(O)CC(=O)O)C1. The van der Waals surface area contributed by atoms with Crippen molar-refractivity contribution in [2.45, 2.75) is 18.6 Å². The maximum absolute atomic E-state index is 10.3. The number of carboxylic acids is 1. The molecule has 2 unspecified atom stereocenters. The van der Waals surface area contributed by atoms with Crippen LogP contribution in [0.5, 0.6) is 0 Å². The number of hydrogen-bond donors (Lipinski definition) is 3. The Morgan fingerprint density at radius 2 is 2.44 bits per heavy atom. The molecule has 0 aliphatic carbocycles. The van der Waals surface area contributed by atoms with E-state index in [1.54, 1.807) is 0 Å². The van der Waals surface area contributed by atoms with Crippen LogP contribution in [0, 0.1) is 0 Å². The van der Waals surface area contributed by atoms with Crippen molar-refractivity contribution in [3.63, 3.8) is 0 Å². The maximum Gasteiger partial charge on any atom is 0.306 e. The number of ether oxygens (including phenoxy) is 1. The van der Waals surface area contributed by atoms with Crippen molar-refractivity contribution in [2.24, 2.45) is 0 Å². The van der Waals surface area contributed by atoms with E-state index < -0.39 is 12.1 Å². The molecule has 1 aliphatic rings. The second-order valence-electron chi connectivity index (χ2n) is 4.16. The quantitative estimate of drug-likeness (QED) is 0.530. The molecule has 1 rings (SSSR count). The molecule has 1 heterocycles. The number of hydrogen-bond acceptors (Lipinski definition) is 5. The number of aliphatic carboxylic acids is 1. The number of aliphatic hydroxyl groups excluding tert-OH is 1. The largest absolute Gasteiger partial charge is 0.481 e. The Balaban J connectivity index is 2.08. The summed E-state index contributed by atoms with van der Waals surface area (Å²) in [5.41, 5.74) is 0. The van der Waals surface area contributed by atoms with Gasteiger partial charge in [0.05, 0.1) is 25.2 Å². The first-order valence-electron chi connectivity index (χ1n) is 5.48. The van der Waals surface area contributed by atoms with Gasteiger partial charge in [-0.2, -0.15) is 0 Å². The van der Waals surface area contributed by atoms with Crippen LogP contribution in [-0.2, 0) is 9.53 Å². The van der Waals surface area contributed by atoms with Gasteiger partial charge in [-0.05, 0) is 7.05 Å².